The van der Waals surface area contributed by atoms with Crippen LogP contribution in [0.3, 0.4) is 0 Å². The van der Waals surface area contributed by atoms with Crippen LogP contribution in [0.15, 0.2) is 48.9 Å². The van der Waals surface area contributed by atoms with Gasteiger partial charge in [-0.15, -0.1) is 0 Å². The van der Waals surface area contributed by atoms with Gasteiger partial charge in [-0.1, -0.05) is 23.7 Å². The van der Waals surface area contributed by atoms with Gasteiger partial charge in [0.25, 0.3) is 5.91 Å². The van der Waals surface area contributed by atoms with Crippen LogP contribution in [0.5, 0.6) is 5.75 Å². The monoisotopic (exact) mass is 460 g/mol. The fraction of sp³-hybridized carbons (Fsp3) is 0.240. The quantitative estimate of drug-likeness (QED) is 0.571. The Kier molecular flexibility index (Phi) is 5.98. The van der Waals surface area contributed by atoms with Gasteiger partial charge in [0.2, 0.25) is 0 Å². The highest BCUT2D eigenvalue weighted by molar-refractivity contribution is 6.35. The average Bonchev–Trinajstić information content (AvgIpc) is 2.87. The van der Waals surface area contributed by atoms with Crippen LogP contribution in [0.2, 0.25) is 5.02 Å². The van der Waals surface area contributed by atoms with E-state index in [9.17, 15) is 4.79 Å². The number of nitrogens with zero attached hydrogens (tertiary/aromatic N) is 3. The summed E-state index contributed by atoms with van der Waals surface area (Å²) in [5.41, 5.74) is 4.29. The fourth-order valence-corrected chi connectivity index (χ4v) is 4.58. The number of pyridine rings is 2. The smallest absolute Gasteiger partial charge is 0.281 e. The van der Waals surface area contributed by atoms with Gasteiger partial charge in [-0.05, 0) is 61.7 Å². The number of hydrogen-bond donors (Lipinski definition) is 2. The molecule has 1 saturated heterocycles. The molecular weight excluding hydrogens is 438 g/mol. The molecule has 167 valence electrons. The summed E-state index contributed by atoms with van der Waals surface area (Å²) in [6.45, 7) is 2.10. The molecule has 0 atom stereocenters. The van der Waals surface area contributed by atoms with E-state index in [1.807, 2.05) is 18.2 Å². The topological polar surface area (TPSA) is 90.2 Å². The number of carbonyl (C=O) groups is 1. The number of hydrogen-bond acceptors (Lipinski definition) is 6. The molecule has 0 unspecified atom stereocenters. The van der Waals surface area contributed by atoms with Crippen molar-refractivity contribution in [2.45, 2.75) is 18.8 Å². The largest absolute Gasteiger partial charge is 0.495 e. The zero-order valence-electron chi connectivity index (χ0n) is 18.1. The molecule has 2 N–H and O–H groups in total. The SMILES string of the molecule is COc1cncc(-c2nc(Nc3ccc(C4CCNCC4)cc3)c3c(c2Cl)C=C[N]C3=O)c1. The average molecular weight is 461 g/mol. The predicted octanol–water partition coefficient (Wildman–Crippen LogP) is 4.75. The minimum atomic E-state index is -0.383. The van der Waals surface area contributed by atoms with Crippen LogP contribution < -0.4 is 20.7 Å². The van der Waals surface area contributed by atoms with Gasteiger partial charge in [0, 0.05) is 29.2 Å². The molecule has 2 aliphatic heterocycles. The van der Waals surface area contributed by atoms with E-state index in [1.54, 1.807) is 25.6 Å². The first-order valence-electron chi connectivity index (χ1n) is 10.9. The minimum absolute atomic E-state index is 0.351. The van der Waals surface area contributed by atoms with E-state index in [-0.39, 0.29) is 5.91 Å². The summed E-state index contributed by atoms with van der Waals surface area (Å²) < 4.78 is 5.30. The molecule has 0 bridgehead atoms. The van der Waals surface area contributed by atoms with Crippen molar-refractivity contribution in [3.05, 3.63) is 70.6 Å². The van der Waals surface area contributed by atoms with Gasteiger partial charge >= 0.3 is 0 Å². The fourth-order valence-electron chi connectivity index (χ4n) is 4.27. The van der Waals surface area contributed by atoms with Crippen molar-refractivity contribution in [3.63, 3.8) is 0 Å². The predicted molar refractivity (Wildman–Crippen MR) is 129 cm³/mol. The Morgan fingerprint density at radius 3 is 2.70 bits per heavy atom. The summed E-state index contributed by atoms with van der Waals surface area (Å²) in [6, 6.07) is 10.1. The molecule has 1 radical (unpaired) electrons. The van der Waals surface area contributed by atoms with Crippen LogP contribution >= 0.6 is 11.6 Å². The van der Waals surface area contributed by atoms with Gasteiger partial charge in [-0.3, -0.25) is 9.78 Å². The lowest BCUT2D eigenvalue weighted by molar-refractivity contribution is 0.0965. The highest BCUT2D eigenvalue weighted by atomic mass is 35.5. The zero-order valence-corrected chi connectivity index (χ0v) is 18.9. The number of amides is 1. The molecule has 0 saturated carbocycles. The Morgan fingerprint density at radius 1 is 1.15 bits per heavy atom. The number of piperidine rings is 1. The van der Waals surface area contributed by atoms with E-state index in [1.165, 1.54) is 11.8 Å². The van der Waals surface area contributed by atoms with Crippen molar-refractivity contribution in [2.24, 2.45) is 0 Å². The third-order valence-electron chi connectivity index (χ3n) is 6.03. The van der Waals surface area contributed by atoms with E-state index < -0.39 is 0 Å². The molecule has 2 aromatic heterocycles. The summed E-state index contributed by atoms with van der Waals surface area (Å²) in [6.07, 6.45) is 8.74. The van der Waals surface area contributed by atoms with Crippen molar-refractivity contribution >= 4 is 35.1 Å². The van der Waals surface area contributed by atoms with Crippen LogP contribution in [0.4, 0.5) is 11.5 Å². The van der Waals surface area contributed by atoms with E-state index in [0.29, 0.717) is 44.9 Å². The number of ether oxygens (including phenoxy) is 1. The van der Waals surface area contributed by atoms with Crippen LogP contribution in [-0.2, 0) is 0 Å². The number of anilines is 2. The summed E-state index contributed by atoms with van der Waals surface area (Å²) >= 11 is 6.69. The molecule has 33 heavy (non-hydrogen) atoms. The molecule has 8 heteroatoms. The van der Waals surface area contributed by atoms with Crippen molar-refractivity contribution in [3.8, 4) is 17.0 Å². The summed E-state index contributed by atoms with van der Waals surface area (Å²) in [5, 5.41) is 11.0. The molecule has 1 aromatic carbocycles. The normalized spacial score (nSPS) is 15.6. The lowest BCUT2D eigenvalue weighted by Crippen LogP contribution is -2.26. The molecule has 7 nitrogen and oxygen atoms in total. The second-order valence-electron chi connectivity index (χ2n) is 8.05. The molecule has 2 aliphatic rings. The van der Waals surface area contributed by atoms with Gasteiger partial charge in [-0.2, -0.15) is 0 Å². The molecule has 3 aromatic rings. The Bertz CT molecular complexity index is 1220. The maximum atomic E-state index is 12.7. The van der Waals surface area contributed by atoms with E-state index in [4.69, 9.17) is 21.3 Å². The highest BCUT2D eigenvalue weighted by Crippen LogP contribution is 2.38. The molecule has 1 fully saturated rings. The molecule has 5 rings (SSSR count). The van der Waals surface area contributed by atoms with Gasteiger partial charge in [0.1, 0.15) is 11.6 Å². The first-order chi connectivity index (χ1) is 16.1. The molecule has 0 spiro atoms. The van der Waals surface area contributed by atoms with E-state index in [0.717, 1.165) is 31.6 Å². The maximum absolute atomic E-state index is 12.7. The van der Waals surface area contributed by atoms with Gasteiger partial charge in [0.05, 0.1) is 29.6 Å². The van der Waals surface area contributed by atoms with Crippen molar-refractivity contribution in [1.29, 1.82) is 0 Å². The summed E-state index contributed by atoms with van der Waals surface area (Å²) in [4.78, 5) is 21.6. The van der Waals surface area contributed by atoms with E-state index >= 15 is 0 Å². The van der Waals surface area contributed by atoms with Gasteiger partial charge < -0.3 is 15.4 Å². The Balaban J connectivity index is 1.53. The number of aromatic nitrogens is 2. The van der Waals surface area contributed by atoms with Crippen LogP contribution in [0.1, 0.15) is 40.2 Å². The zero-order chi connectivity index (χ0) is 22.8. The minimum Gasteiger partial charge on any atom is -0.495 e. The molecular formula is C25H23ClN5O2. The van der Waals surface area contributed by atoms with Gasteiger partial charge in [-0.25, -0.2) is 10.3 Å². The molecule has 1 amide bonds. The maximum Gasteiger partial charge on any atom is 0.281 e. The lowest BCUT2D eigenvalue weighted by Gasteiger charge is -2.23. The van der Waals surface area contributed by atoms with Crippen molar-refractivity contribution < 1.29 is 9.53 Å². The number of benzene rings is 1. The molecule has 4 heterocycles. The van der Waals surface area contributed by atoms with Crippen LogP contribution in [-0.4, -0.2) is 36.1 Å². The van der Waals surface area contributed by atoms with Crippen LogP contribution in [0, 0.1) is 0 Å². The standard InChI is InChI=1S/C25H23ClN5O2/c1-33-19-12-17(13-28-14-19)23-22(26)20-8-11-29-25(32)21(20)24(31-23)30-18-4-2-15(3-5-18)16-6-9-27-10-7-16/h2-5,8,11-14,16,27H,6-7,9-10H2,1H3,(H,30,31). The second kappa shape index (κ2) is 9.21. The van der Waals surface area contributed by atoms with Gasteiger partial charge in [0.15, 0.2) is 0 Å². The third-order valence-corrected chi connectivity index (χ3v) is 6.41. The first-order valence-corrected chi connectivity index (χ1v) is 11.2. The number of carbonyl (C=O) groups excluding carboxylic acids is 1. The number of halogens is 1. The second-order valence-corrected chi connectivity index (χ2v) is 8.42. The lowest BCUT2D eigenvalue weighted by atomic mass is 9.90. The molecule has 0 aliphatic carbocycles. The number of methoxy groups -OCH3 is 1. The Morgan fingerprint density at radius 2 is 1.94 bits per heavy atom. The van der Waals surface area contributed by atoms with Crippen molar-refractivity contribution in [2.75, 3.05) is 25.5 Å². The first kappa shape index (κ1) is 21.4. The summed E-state index contributed by atoms with van der Waals surface area (Å²) in [5.74, 6) is 1.18. The third kappa shape index (κ3) is 4.29. The van der Waals surface area contributed by atoms with E-state index in [2.05, 4.69) is 33.1 Å². The van der Waals surface area contributed by atoms with Crippen molar-refractivity contribution in [1.82, 2.24) is 20.6 Å². The number of nitrogens with one attached hydrogen (secondary N) is 2. The highest BCUT2D eigenvalue weighted by Gasteiger charge is 2.26. The summed E-state index contributed by atoms with van der Waals surface area (Å²) in [7, 11) is 1.58. The Labute approximate surface area is 197 Å². The Hall–Kier alpha value is -3.42. The number of rotatable bonds is 5. The number of fused-ring (bicyclic) bond motifs is 1. The van der Waals surface area contributed by atoms with Crippen LogP contribution in [0.25, 0.3) is 17.3 Å².